The van der Waals surface area contributed by atoms with Gasteiger partial charge in [0.15, 0.2) is 0 Å². The van der Waals surface area contributed by atoms with Gasteiger partial charge in [0.1, 0.15) is 9.39 Å². The summed E-state index contributed by atoms with van der Waals surface area (Å²) in [6.45, 7) is 3.67. The molecule has 0 saturated carbocycles. The van der Waals surface area contributed by atoms with E-state index in [2.05, 4.69) is 15.3 Å². The molecule has 6 heteroatoms. The van der Waals surface area contributed by atoms with Crippen LogP contribution in [-0.4, -0.2) is 27.2 Å². The Kier molecular flexibility index (Phi) is 4.52. The van der Waals surface area contributed by atoms with E-state index >= 15 is 0 Å². The largest absolute Gasteiger partial charge is 0.393 e. The average Bonchev–Trinajstić information content (AvgIpc) is 2.11. The second-order valence-corrected chi connectivity index (χ2v) is 4.60. The van der Waals surface area contributed by atoms with Gasteiger partial charge in [-0.05, 0) is 42.9 Å². The summed E-state index contributed by atoms with van der Waals surface area (Å²) in [4.78, 5) is 17.8. The van der Waals surface area contributed by atoms with Crippen LogP contribution >= 0.6 is 22.6 Å². The molecule has 15 heavy (non-hydrogen) atoms. The Bertz CT molecular complexity index is 378. The van der Waals surface area contributed by atoms with Crippen LogP contribution < -0.4 is 10.9 Å². The van der Waals surface area contributed by atoms with Gasteiger partial charge in [-0.3, -0.25) is 4.79 Å². The molecule has 2 atom stereocenters. The highest BCUT2D eigenvalue weighted by atomic mass is 127. The topological polar surface area (TPSA) is 78.0 Å². The van der Waals surface area contributed by atoms with Crippen LogP contribution in [-0.2, 0) is 0 Å². The number of nitrogens with one attached hydrogen (secondary N) is 2. The standard InChI is InChI=1S/C9H14IN3O2/c1-5(3-6(2)14)13-8-7(10)9(15)12-4-11-8/h4-6,14H,3H2,1-2H3,(H2,11,12,13,15). The van der Waals surface area contributed by atoms with Gasteiger partial charge in [-0.1, -0.05) is 0 Å². The molecule has 0 fully saturated rings. The summed E-state index contributed by atoms with van der Waals surface area (Å²) in [5.74, 6) is 0.563. The highest BCUT2D eigenvalue weighted by Gasteiger charge is 2.10. The summed E-state index contributed by atoms with van der Waals surface area (Å²) in [5, 5.41) is 12.3. The molecule has 0 spiro atoms. The van der Waals surface area contributed by atoms with Gasteiger partial charge in [-0.2, -0.15) is 0 Å². The van der Waals surface area contributed by atoms with Crippen molar-refractivity contribution in [3.05, 3.63) is 20.3 Å². The van der Waals surface area contributed by atoms with Crippen LogP contribution in [0.3, 0.4) is 0 Å². The molecule has 0 bridgehead atoms. The van der Waals surface area contributed by atoms with Crippen molar-refractivity contribution in [1.82, 2.24) is 9.97 Å². The van der Waals surface area contributed by atoms with Crippen molar-refractivity contribution in [2.24, 2.45) is 0 Å². The van der Waals surface area contributed by atoms with E-state index in [1.165, 1.54) is 6.33 Å². The highest BCUT2D eigenvalue weighted by Crippen LogP contribution is 2.11. The first-order valence-corrected chi connectivity index (χ1v) is 5.76. The highest BCUT2D eigenvalue weighted by molar-refractivity contribution is 14.1. The minimum atomic E-state index is -0.368. The second-order valence-electron chi connectivity index (χ2n) is 3.52. The molecular weight excluding hydrogens is 309 g/mol. The number of halogens is 1. The number of aliphatic hydroxyl groups excluding tert-OH is 1. The maximum absolute atomic E-state index is 11.3. The number of hydrogen-bond donors (Lipinski definition) is 3. The zero-order valence-corrected chi connectivity index (χ0v) is 10.8. The van der Waals surface area contributed by atoms with E-state index in [1.807, 2.05) is 29.5 Å². The van der Waals surface area contributed by atoms with E-state index in [0.29, 0.717) is 15.8 Å². The normalized spacial score (nSPS) is 14.7. The molecule has 0 amide bonds. The fourth-order valence-corrected chi connectivity index (χ4v) is 1.74. The maximum Gasteiger partial charge on any atom is 0.266 e. The molecule has 1 rings (SSSR count). The lowest BCUT2D eigenvalue weighted by atomic mass is 10.1. The van der Waals surface area contributed by atoms with E-state index in [-0.39, 0.29) is 17.7 Å². The van der Waals surface area contributed by atoms with Gasteiger partial charge in [0.05, 0.1) is 12.4 Å². The summed E-state index contributed by atoms with van der Waals surface area (Å²) in [6, 6.07) is 0.0767. The first-order chi connectivity index (χ1) is 7.00. The van der Waals surface area contributed by atoms with Gasteiger partial charge in [0.25, 0.3) is 5.56 Å². The van der Waals surface area contributed by atoms with E-state index in [0.717, 1.165) is 0 Å². The summed E-state index contributed by atoms with van der Waals surface area (Å²) < 4.78 is 0.535. The Morgan fingerprint density at radius 1 is 1.67 bits per heavy atom. The third kappa shape index (κ3) is 3.78. The number of aromatic amines is 1. The van der Waals surface area contributed by atoms with Crippen LogP contribution in [0.25, 0.3) is 0 Å². The van der Waals surface area contributed by atoms with E-state index < -0.39 is 0 Å². The van der Waals surface area contributed by atoms with Crippen LogP contribution in [0.5, 0.6) is 0 Å². The minimum absolute atomic E-state index is 0.0767. The van der Waals surface area contributed by atoms with Crippen molar-refractivity contribution in [2.45, 2.75) is 32.4 Å². The number of nitrogens with zero attached hydrogens (tertiary/aromatic N) is 1. The maximum atomic E-state index is 11.3. The average molecular weight is 323 g/mol. The van der Waals surface area contributed by atoms with Gasteiger partial charge in [0, 0.05) is 6.04 Å². The van der Waals surface area contributed by atoms with Crippen LogP contribution in [0, 0.1) is 3.57 Å². The molecule has 2 unspecified atom stereocenters. The summed E-state index contributed by atoms with van der Waals surface area (Å²) in [7, 11) is 0. The first kappa shape index (κ1) is 12.4. The molecule has 0 radical (unpaired) electrons. The van der Waals surface area contributed by atoms with Crippen molar-refractivity contribution in [2.75, 3.05) is 5.32 Å². The molecule has 1 heterocycles. The summed E-state index contributed by atoms with van der Waals surface area (Å²) >= 11 is 1.94. The molecule has 5 nitrogen and oxygen atoms in total. The fourth-order valence-electron chi connectivity index (χ4n) is 1.29. The lowest BCUT2D eigenvalue weighted by Crippen LogP contribution is -2.24. The van der Waals surface area contributed by atoms with Crippen molar-refractivity contribution in [3.8, 4) is 0 Å². The van der Waals surface area contributed by atoms with Gasteiger partial charge < -0.3 is 15.4 Å². The minimum Gasteiger partial charge on any atom is -0.393 e. The predicted molar refractivity (Wildman–Crippen MR) is 67.0 cm³/mol. The van der Waals surface area contributed by atoms with E-state index in [1.54, 1.807) is 6.92 Å². The molecule has 3 N–H and O–H groups in total. The van der Waals surface area contributed by atoms with Crippen LogP contribution in [0.4, 0.5) is 5.82 Å². The Balaban J connectivity index is 2.72. The molecular formula is C9H14IN3O2. The molecule has 0 aliphatic rings. The number of aromatic nitrogens is 2. The second kappa shape index (κ2) is 5.45. The van der Waals surface area contributed by atoms with Gasteiger partial charge in [-0.15, -0.1) is 0 Å². The predicted octanol–water partition coefficient (Wildman–Crippen LogP) is 0.946. The fraction of sp³-hybridized carbons (Fsp3) is 0.556. The van der Waals surface area contributed by atoms with Crippen LogP contribution in [0.2, 0.25) is 0 Å². The molecule has 0 aromatic carbocycles. The lowest BCUT2D eigenvalue weighted by molar-refractivity contribution is 0.179. The first-order valence-electron chi connectivity index (χ1n) is 4.68. The Hall–Kier alpha value is -0.630. The molecule has 1 aromatic heterocycles. The number of H-pyrrole nitrogens is 1. The summed E-state index contributed by atoms with van der Waals surface area (Å²) in [5.41, 5.74) is -0.155. The molecule has 84 valence electrons. The molecule has 0 aliphatic carbocycles. The van der Waals surface area contributed by atoms with E-state index in [9.17, 15) is 9.90 Å². The van der Waals surface area contributed by atoms with Crippen LogP contribution in [0.15, 0.2) is 11.1 Å². The lowest BCUT2D eigenvalue weighted by Gasteiger charge is -2.16. The Labute approximate surface area is 101 Å². The smallest absolute Gasteiger partial charge is 0.266 e. The number of anilines is 1. The Morgan fingerprint density at radius 3 is 2.93 bits per heavy atom. The number of aliphatic hydroxyl groups is 1. The molecule has 0 aliphatic heterocycles. The number of rotatable bonds is 4. The summed E-state index contributed by atoms with van der Waals surface area (Å²) in [6.07, 6.45) is 1.61. The zero-order chi connectivity index (χ0) is 11.4. The quantitative estimate of drug-likeness (QED) is 0.721. The van der Waals surface area contributed by atoms with Gasteiger partial charge in [-0.25, -0.2) is 4.98 Å². The zero-order valence-electron chi connectivity index (χ0n) is 8.62. The number of hydrogen-bond acceptors (Lipinski definition) is 4. The van der Waals surface area contributed by atoms with Gasteiger partial charge >= 0.3 is 0 Å². The molecule has 1 aromatic rings. The monoisotopic (exact) mass is 323 g/mol. The third-order valence-electron chi connectivity index (χ3n) is 1.87. The van der Waals surface area contributed by atoms with Crippen molar-refractivity contribution >= 4 is 28.4 Å². The van der Waals surface area contributed by atoms with Crippen molar-refractivity contribution < 1.29 is 5.11 Å². The van der Waals surface area contributed by atoms with Crippen LogP contribution in [0.1, 0.15) is 20.3 Å². The van der Waals surface area contributed by atoms with Gasteiger partial charge in [0.2, 0.25) is 0 Å². The third-order valence-corrected chi connectivity index (χ3v) is 2.88. The van der Waals surface area contributed by atoms with E-state index in [4.69, 9.17) is 0 Å². The SMILES string of the molecule is CC(O)CC(C)Nc1nc[nH]c(=O)c1I. The molecule has 0 saturated heterocycles. The Morgan fingerprint density at radius 2 is 2.33 bits per heavy atom. The van der Waals surface area contributed by atoms with Crippen molar-refractivity contribution in [3.63, 3.8) is 0 Å². The van der Waals surface area contributed by atoms with Crippen molar-refractivity contribution in [1.29, 1.82) is 0 Å².